The summed E-state index contributed by atoms with van der Waals surface area (Å²) in [6.45, 7) is 3.10. The van der Waals surface area contributed by atoms with E-state index < -0.39 is 16.0 Å². The minimum absolute atomic E-state index is 0.0924. The Hall–Kier alpha value is -3.27. The third kappa shape index (κ3) is 7.38. The number of hydrogen-bond donors (Lipinski definition) is 3. The van der Waals surface area contributed by atoms with Crippen LogP contribution in [-0.2, 0) is 24.3 Å². The fourth-order valence-electron chi connectivity index (χ4n) is 3.13. The van der Waals surface area contributed by atoms with Crippen LogP contribution in [0, 0.1) is 11.3 Å². The Balaban J connectivity index is 1.60. The van der Waals surface area contributed by atoms with Gasteiger partial charge in [0.15, 0.2) is 0 Å². The van der Waals surface area contributed by atoms with Crippen LogP contribution in [-0.4, -0.2) is 56.8 Å². The van der Waals surface area contributed by atoms with Crippen LogP contribution < -0.4 is 15.4 Å². The monoisotopic (exact) mass is 488 g/mol. The largest absolute Gasteiger partial charge is 0.464 e. The highest BCUT2D eigenvalue weighted by Crippen LogP contribution is 2.20. The van der Waals surface area contributed by atoms with Gasteiger partial charge in [0.2, 0.25) is 16.0 Å². The van der Waals surface area contributed by atoms with Gasteiger partial charge < -0.3 is 20.1 Å². The quantitative estimate of drug-likeness (QED) is 0.299. The van der Waals surface area contributed by atoms with Crippen LogP contribution in [0.2, 0.25) is 0 Å². The highest BCUT2D eigenvalue weighted by atomic mass is 32.2. The number of carbonyl (C=O) groups is 1. The van der Waals surface area contributed by atoms with E-state index in [4.69, 9.17) is 9.47 Å². The van der Waals surface area contributed by atoms with E-state index in [9.17, 15) is 18.5 Å². The van der Waals surface area contributed by atoms with Gasteiger partial charge in [0.25, 0.3) is 0 Å². The van der Waals surface area contributed by atoms with Gasteiger partial charge in [0, 0.05) is 18.8 Å². The van der Waals surface area contributed by atoms with Gasteiger partial charge in [-0.25, -0.2) is 18.1 Å². The number of carbonyl (C=O) groups excluding carboxylic acids is 1. The van der Waals surface area contributed by atoms with E-state index in [0.29, 0.717) is 18.9 Å². The Morgan fingerprint density at radius 2 is 2.12 bits per heavy atom. The molecule has 0 amide bonds. The van der Waals surface area contributed by atoms with Crippen LogP contribution >= 0.6 is 0 Å². The Morgan fingerprint density at radius 3 is 2.79 bits per heavy atom. The predicted octanol–water partition coefficient (Wildman–Crippen LogP) is 2.30. The molecule has 2 heterocycles. The number of hydrogen-bond acceptors (Lipinski definition) is 10. The molecule has 0 aliphatic carbocycles. The van der Waals surface area contributed by atoms with E-state index in [1.54, 1.807) is 12.1 Å². The molecular weight excluding hydrogens is 460 g/mol. The second kappa shape index (κ2) is 12.3. The second-order valence-electron chi connectivity index (χ2n) is 7.63. The molecule has 1 aliphatic heterocycles. The third-order valence-electron chi connectivity index (χ3n) is 5.02. The Labute approximate surface area is 198 Å². The molecule has 1 saturated heterocycles. The molecule has 3 rings (SSSR count). The summed E-state index contributed by atoms with van der Waals surface area (Å²) in [5.41, 5.74) is 0.721. The second-order valence-corrected chi connectivity index (χ2v) is 9.40. The van der Waals surface area contributed by atoms with Crippen molar-refractivity contribution >= 4 is 33.4 Å². The molecule has 1 aromatic heterocycles. The van der Waals surface area contributed by atoms with Crippen molar-refractivity contribution in [2.24, 2.45) is 0 Å². The molecule has 34 heavy (non-hydrogen) atoms. The molecule has 1 fully saturated rings. The molecular formula is C22H28N6O5S. The summed E-state index contributed by atoms with van der Waals surface area (Å²) in [6, 6.07) is 8.07. The molecule has 0 radical (unpaired) electrons. The number of anilines is 3. The van der Waals surface area contributed by atoms with E-state index in [2.05, 4.69) is 25.3 Å². The number of nitrogens with zero attached hydrogens (tertiary/aromatic N) is 3. The lowest BCUT2D eigenvalue weighted by atomic mass is 10.2. The number of esters is 1. The van der Waals surface area contributed by atoms with Crippen molar-refractivity contribution in [2.75, 3.05) is 36.9 Å². The van der Waals surface area contributed by atoms with E-state index >= 15 is 0 Å². The van der Waals surface area contributed by atoms with Gasteiger partial charge in [-0.3, -0.25) is 4.79 Å². The zero-order valence-electron chi connectivity index (χ0n) is 18.9. The van der Waals surface area contributed by atoms with Crippen molar-refractivity contribution in [3.63, 3.8) is 0 Å². The van der Waals surface area contributed by atoms with Gasteiger partial charge in [-0.2, -0.15) is 10.2 Å². The normalized spacial score (nSPS) is 15.5. The lowest BCUT2D eigenvalue weighted by Gasteiger charge is -2.12. The molecule has 1 atom stereocenters. The maximum absolute atomic E-state index is 12.5. The minimum Gasteiger partial charge on any atom is -0.464 e. The van der Waals surface area contributed by atoms with Crippen molar-refractivity contribution in [3.8, 4) is 6.07 Å². The summed E-state index contributed by atoms with van der Waals surface area (Å²) >= 11 is 0. The summed E-state index contributed by atoms with van der Waals surface area (Å²) in [5, 5.41) is 15.0. The number of benzene rings is 1. The topological polar surface area (TPSA) is 155 Å². The van der Waals surface area contributed by atoms with Crippen molar-refractivity contribution in [1.82, 2.24) is 14.7 Å². The zero-order chi connectivity index (χ0) is 24.4. The molecule has 3 N–H and O–H groups in total. The number of ether oxygens (including phenoxy) is 2. The first-order valence-electron chi connectivity index (χ1n) is 11.1. The van der Waals surface area contributed by atoms with Crippen LogP contribution in [0.15, 0.2) is 35.4 Å². The molecule has 2 aromatic rings. The SMILES string of the molecule is CCCCOC(=O)CNc1nc(Nc2ccc(S(=O)(=O)NCC3CCCO3)cc2)ncc1C#N. The molecule has 0 spiro atoms. The number of rotatable bonds is 12. The average molecular weight is 489 g/mol. The first kappa shape index (κ1) is 25.4. The summed E-state index contributed by atoms with van der Waals surface area (Å²) in [5.74, 6) is -0.0895. The average Bonchev–Trinajstić information content (AvgIpc) is 3.36. The molecule has 1 aliphatic rings. The number of unbranched alkanes of at least 4 members (excludes halogenated alkanes) is 1. The fraction of sp³-hybridized carbons (Fsp3) is 0.455. The summed E-state index contributed by atoms with van der Waals surface area (Å²) in [6.07, 6.45) is 4.71. The molecule has 12 heteroatoms. The zero-order valence-corrected chi connectivity index (χ0v) is 19.7. The van der Waals surface area contributed by atoms with E-state index in [1.165, 1.54) is 18.3 Å². The highest BCUT2D eigenvalue weighted by Gasteiger charge is 2.20. The van der Waals surface area contributed by atoms with Gasteiger partial charge in [-0.15, -0.1) is 0 Å². The third-order valence-corrected chi connectivity index (χ3v) is 6.46. The molecule has 1 unspecified atom stereocenters. The first-order chi connectivity index (χ1) is 16.4. The van der Waals surface area contributed by atoms with Crippen LogP contribution in [0.25, 0.3) is 0 Å². The van der Waals surface area contributed by atoms with Gasteiger partial charge in [0.05, 0.1) is 23.8 Å². The van der Waals surface area contributed by atoms with Gasteiger partial charge in [-0.1, -0.05) is 13.3 Å². The predicted molar refractivity (Wildman–Crippen MR) is 125 cm³/mol. The highest BCUT2D eigenvalue weighted by molar-refractivity contribution is 7.89. The van der Waals surface area contributed by atoms with E-state index in [1.807, 2.05) is 13.0 Å². The molecule has 182 valence electrons. The lowest BCUT2D eigenvalue weighted by molar-refractivity contribution is -0.141. The van der Waals surface area contributed by atoms with Gasteiger partial charge in [0.1, 0.15) is 24.0 Å². The number of sulfonamides is 1. The molecule has 0 saturated carbocycles. The smallest absolute Gasteiger partial charge is 0.325 e. The van der Waals surface area contributed by atoms with Gasteiger partial charge >= 0.3 is 5.97 Å². The van der Waals surface area contributed by atoms with Crippen LogP contribution in [0.5, 0.6) is 0 Å². The Morgan fingerprint density at radius 1 is 1.32 bits per heavy atom. The van der Waals surface area contributed by atoms with Crippen LogP contribution in [0.3, 0.4) is 0 Å². The maximum Gasteiger partial charge on any atom is 0.325 e. The van der Waals surface area contributed by atoms with E-state index in [-0.39, 0.29) is 41.4 Å². The van der Waals surface area contributed by atoms with Gasteiger partial charge in [-0.05, 0) is 43.5 Å². The summed E-state index contributed by atoms with van der Waals surface area (Å²) in [4.78, 5) is 20.3. The molecule has 1 aromatic carbocycles. The number of nitrogens with one attached hydrogen (secondary N) is 3. The number of nitriles is 1. The maximum atomic E-state index is 12.5. The standard InChI is InChI=1S/C22H28N6O5S/c1-2-3-10-33-20(29)15-24-21-16(12-23)13-25-22(28-21)27-17-6-8-19(9-7-17)34(30,31)26-14-18-5-4-11-32-18/h6-9,13,18,26H,2-5,10-11,14-15H2,1H3,(H2,24,25,27,28). The van der Waals surface area contributed by atoms with Crippen molar-refractivity contribution in [2.45, 2.75) is 43.6 Å². The fourth-order valence-corrected chi connectivity index (χ4v) is 4.20. The number of aromatic nitrogens is 2. The molecule has 11 nitrogen and oxygen atoms in total. The Kier molecular flexibility index (Phi) is 9.15. The molecule has 0 bridgehead atoms. The summed E-state index contributed by atoms with van der Waals surface area (Å²) < 4.78 is 38.1. The van der Waals surface area contributed by atoms with Crippen LogP contribution in [0.1, 0.15) is 38.2 Å². The van der Waals surface area contributed by atoms with Crippen molar-refractivity contribution in [1.29, 1.82) is 5.26 Å². The minimum atomic E-state index is -3.66. The lowest BCUT2D eigenvalue weighted by Crippen LogP contribution is -2.31. The van der Waals surface area contributed by atoms with E-state index in [0.717, 1.165) is 25.7 Å². The summed E-state index contributed by atoms with van der Waals surface area (Å²) in [7, 11) is -3.66. The van der Waals surface area contributed by atoms with Crippen molar-refractivity contribution < 1.29 is 22.7 Å². The Bertz CT molecular complexity index is 1110. The van der Waals surface area contributed by atoms with Crippen LogP contribution in [0.4, 0.5) is 17.5 Å². The first-order valence-corrected chi connectivity index (χ1v) is 12.5. The van der Waals surface area contributed by atoms with Crippen molar-refractivity contribution in [3.05, 3.63) is 36.0 Å².